The second-order valence-electron chi connectivity index (χ2n) is 4.73. The Morgan fingerprint density at radius 3 is 2.65 bits per heavy atom. The number of carbonyl (C=O) groups excluding carboxylic acids is 1. The number of oxime groups is 1. The summed E-state index contributed by atoms with van der Waals surface area (Å²) in [4.78, 5) is 16.9. The Morgan fingerprint density at radius 2 is 2.04 bits per heavy atom. The summed E-state index contributed by atoms with van der Waals surface area (Å²) in [6, 6.07) is 8.99. The molecule has 1 aromatic heterocycles. The fourth-order valence-electron chi connectivity index (χ4n) is 1.98. The summed E-state index contributed by atoms with van der Waals surface area (Å²) < 4.78 is 14.6. The van der Waals surface area contributed by atoms with E-state index in [2.05, 4.69) is 9.99 Å². The highest BCUT2D eigenvalue weighted by Crippen LogP contribution is 2.16. The van der Waals surface area contributed by atoms with Crippen molar-refractivity contribution in [3.63, 3.8) is 0 Å². The molecule has 0 fully saturated rings. The van der Waals surface area contributed by atoms with Crippen molar-refractivity contribution < 1.29 is 14.0 Å². The zero-order valence-corrected chi connectivity index (χ0v) is 12.7. The molecule has 6 heteroatoms. The van der Waals surface area contributed by atoms with Crippen molar-refractivity contribution in [2.24, 2.45) is 12.2 Å². The SMILES string of the molecule is CON=C/C(C#N)=C/c1cc(C(=O)c2ccc(F)cc2)cn1C. The maximum absolute atomic E-state index is 12.9. The summed E-state index contributed by atoms with van der Waals surface area (Å²) >= 11 is 0. The van der Waals surface area contributed by atoms with Crippen molar-refractivity contribution in [1.82, 2.24) is 4.57 Å². The average Bonchev–Trinajstić information content (AvgIpc) is 2.92. The van der Waals surface area contributed by atoms with Crippen LogP contribution in [0.1, 0.15) is 21.6 Å². The van der Waals surface area contributed by atoms with E-state index in [-0.39, 0.29) is 11.4 Å². The molecule has 1 heterocycles. The van der Waals surface area contributed by atoms with E-state index in [9.17, 15) is 9.18 Å². The molecule has 0 saturated carbocycles. The van der Waals surface area contributed by atoms with Crippen molar-refractivity contribution in [3.8, 4) is 6.07 Å². The fraction of sp³-hybridized carbons (Fsp3) is 0.118. The fourth-order valence-corrected chi connectivity index (χ4v) is 1.98. The van der Waals surface area contributed by atoms with Crippen molar-refractivity contribution in [2.45, 2.75) is 0 Å². The van der Waals surface area contributed by atoms with Gasteiger partial charge in [-0.15, -0.1) is 0 Å². The minimum absolute atomic E-state index is 0.218. The Morgan fingerprint density at radius 1 is 1.35 bits per heavy atom. The molecule has 2 aromatic rings. The average molecular weight is 311 g/mol. The van der Waals surface area contributed by atoms with Gasteiger partial charge in [-0.1, -0.05) is 5.16 Å². The molecule has 0 saturated heterocycles. The summed E-state index contributed by atoms with van der Waals surface area (Å²) in [5.74, 6) is -0.612. The molecule has 0 aliphatic heterocycles. The Balaban J connectivity index is 2.32. The zero-order chi connectivity index (χ0) is 16.8. The van der Waals surface area contributed by atoms with Gasteiger partial charge in [-0.2, -0.15) is 5.26 Å². The van der Waals surface area contributed by atoms with Crippen LogP contribution in [-0.4, -0.2) is 23.7 Å². The van der Waals surface area contributed by atoms with Gasteiger partial charge in [-0.05, 0) is 36.4 Å². The Bertz CT molecular complexity index is 811. The van der Waals surface area contributed by atoms with E-state index in [1.807, 2.05) is 6.07 Å². The van der Waals surface area contributed by atoms with Crippen molar-refractivity contribution in [3.05, 3.63) is 64.7 Å². The third-order valence-corrected chi connectivity index (χ3v) is 3.14. The summed E-state index contributed by atoms with van der Waals surface area (Å²) in [5.41, 5.74) is 1.80. The Kier molecular flexibility index (Phi) is 5.05. The highest BCUT2D eigenvalue weighted by atomic mass is 19.1. The number of allylic oxidation sites excluding steroid dienone is 1. The quantitative estimate of drug-likeness (QED) is 0.369. The minimum atomic E-state index is -0.394. The third-order valence-electron chi connectivity index (χ3n) is 3.14. The molecule has 0 N–H and O–H groups in total. The normalized spacial score (nSPS) is 11.5. The number of nitriles is 1. The van der Waals surface area contributed by atoms with Gasteiger partial charge in [-0.25, -0.2) is 4.39 Å². The van der Waals surface area contributed by atoms with Gasteiger partial charge in [0.15, 0.2) is 5.78 Å². The van der Waals surface area contributed by atoms with E-state index in [0.717, 1.165) is 0 Å². The van der Waals surface area contributed by atoms with Crippen LogP contribution >= 0.6 is 0 Å². The highest BCUT2D eigenvalue weighted by molar-refractivity contribution is 6.09. The van der Waals surface area contributed by atoms with Gasteiger partial charge in [0.1, 0.15) is 19.0 Å². The molecule has 2 rings (SSSR count). The van der Waals surface area contributed by atoms with Crippen LogP contribution in [0, 0.1) is 17.1 Å². The van der Waals surface area contributed by atoms with Crippen LogP contribution < -0.4 is 0 Å². The zero-order valence-electron chi connectivity index (χ0n) is 12.7. The lowest BCUT2D eigenvalue weighted by atomic mass is 10.1. The van der Waals surface area contributed by atoms with E-state index < -0.39 is 5.82 Å². The topological polar surface area (TPSA) is 67.4 Å². The number of benzene rings is 1. The van der Waals surface area contributed by atoms with E-state index in [1.165, 1.54) is 37.6 Å². The first kappa shape index (κ1) is 16.2. The lowest BCUT2D eigenvalue weighted by Gasteiger charge is -1.97. The number of carbonyl (C=O) groups is 1. The lowest BCUT2D eigenvalue weighted by Crippen LogP contribution is -1.99. The van der Waals surface area contributed by atoms with Crippen LogP contribution in [0.5, 0.6) is 0 Å². The predicted molar refractivity (Wildman–Crippen MR) is 84.3 cm³/mol. The molecule has 116 valence electrons. The van der Waals surface area contributed by atoms with Crippen LogP contribution in [0.2, 0.25) is 0 Å². The lowest BCUT2D eigenvalue weighted by molar-refractivity contribution is 0.103. The number of aromatic nitrogens is 1. The molecule has 0 bridgehead atoms. The second-order valence-corrected chi connectivity index (χ2v) is 4.73. The van der Waals surface area contributed by atoms with Gasteiger partial charge in [0, 0.05) is 30.1 Å². The number of nitrogens with zero attached hydrogens (tertiary/aromatic N) is 3. The van der Waals surface area contributed by atoms with E-state index in [0.29, 0.717) is 16.8 Å². The molecular weight excluding hydrogens is 297 g/mol. The van der Waals surface area contributed by atoms with Crippen LogP contribution in [-0.2, 0) is 11.9 Å². The number of aryl methyl sites for hydroxylation is 1. The maximum atomic E-state index is 12.9. The van der Waals surface area contributed by atoms with Crippen molar-refractivity contribution in [2.75, 3.05) is 7.11 Å². The van der Waals surface area contributed by atoms with Crippen molar-refractivity contribution >= 4 is 18.1 Å². The van der Waals surface area contributed by atoms with Crippen molar-refractivity contribution in [1.29, 1.82) is 5.26 Å². The minimum Gasteiger partial charge on any atom is -0.399 e. The molecule has 0 aliphatic carbocycles. The summed E-state index contributed by atoms with van der Waals surface area (Å²) in [6.45, 7) is 0. The number of hydrogen-bond donors (Lipinski definition) is 0. The molecule has 0 unspecified atom stereocenters. The first-order valence-electron chi connectivity index (χ1n) is 6.70. The van der Waals surface area contributed by atoms with E-state index >= 15 is 0 Å². The molecule has 0 atom stereocenters. The highest BCUT2D eigenvalue weighted by Gasteiger charge is 2.12. The summed E-state index contributed by atoms with van der Waals surface area (Å²) in [7, 11) is 3.14. The van der Waals surface area contributed by atoms with Gasteiger partial charge in [0.25, 0.3) is 0 Å². The monoisotopic (exact) mass is 311 g/mol. The molecule has 0 amide bonds. The molecule has 23 heavy (non-hydrogen) atoms. The largest absolute Gasteiger partial charge is 0.399 e. The van der Waals surface area contributed by atoms with Crippen LogP contribution in [0.4, 0.5) is 4.39 Å². The van der Waals surface area contributed by atoms with Gasteiger partial charge in [0.05, 0.1) is 11.8 Å². The molecule has 0 spiro atoms. The number of rotatable bonds is 5. The van der Waals surface area contributed by atoms with Gasteiger partial charge in [0.2, 0.25) is 0 Å². The number of hydrogen-bond acceptors (Lipinski definition) is 4. The molecular formula is C17H14FN3O2. The standard InChI is InChI=1S/C17H14FN3O2/c1-21-11-14(17(22)13-3-5-15(18)6-4-13)8-16(21)7-12(9-19)10-20-23-2/h3-8,10-11H,1-2H3/b12-7+,20-10?. The first-order chi connectivity index (χ1) is 11.0. The molecule has 5 nitrogen and oxygen atoms in total. The van der Waals surface area contributed by atoms with Gasteiger partial charge in [-0.3, -0.25) is 4.79 Å². The number of halogens is 1. The van der Waals surface area contributed by atoms with Crippen LogP contribution in [0.15, 0.2) is 47.3 Å². The molecule has 0 aliphatic rings. The molecule has 0 radical (unpaired) electrons. The number of ketones is 1. The van der Waals surface area contributed by atoms with E-state index in [1.54, 1.807) is 30.0 Å². The van der Waals surface area contributed by atoms with Crippen LogP contribution in [0.3, 0.4) is 0 Å². The van der Waals surface area contributed by atoms with E-state index in [4.69, 9.17) is 5.26 Å². The maximum Gasteiger partial charge on any atom is 0.194 e. The Hall–Kier alpha value is -3.20. The second kappa shape index (κ2) is 7.18. The predicted octanol–water partition coefficient (Wildman–Crippen LogP) is 2.93. The summed E-state index contributed by atoms with van der Waals surface area (Å²) in [6.07, 6.45) is 4.53. The molecule has 1 aromatic carbocycles. The Labute approximate surface area is 132 Å². The van der Waals surface area contributed by atoms with Crippen LogP contribution in [0.25, 0.3) is 6.08 Å². The first-order valence-corrected chi connectivity index (χ1v) is 6.70. The van der Waals surface area contributed by atoms with Gasteiger partial charge >= 0.3 is 0 Å². The summed E-state index contributed by atoms with van der Waals surface area (Å²) in [5, 5.41) is 12.6. The van der Waals surface area contributed by atoms with Gasteiger partial charge < -0.3 is 9.40 Å². The smallest absolute Gasteiger partial charge is 0.194 e. The third kappa shape index (κ3) is 3.92.